The second-order valence-electron chi connectivity index (χ2n) is 3.89. The van der Waals surface area contributed by atoms with E-state index < -0.39 is 0 Å². The standard InChI is InChI=1S/C11H17N3/c1-8-13-10-5-3-2-4-9(10)11(14-8)6-7-12/h2-7,12H2,1H3. The van der Waals surface area contributed by atoms with Gasteiger partial charge in [-0.1, -0.05) is 0 Å². The quantitative estimate of drug-likeness (QED) is 0.763. The maximum atomic E-state index is 5.58. The summed E-state index contributed by atoms with van der Waals surface area (Å²) in [6.07, 6.45) is 5.70. The average molecular weight is 191 g/mol. The lowest BCUT2D eigenvalue weighted by Gasteiger charge is -2.18. The monoisotopic (exact) mass is 191 g/mol. The molecule has 76 valence electrons. The van der Waals surface area contributed by atoms with Crippen LogP contribution in [0.1, 0.15) is 35.6 Å². The molecule has 3 nitrogen and oxygen atoms in total. The smallest absolute Gasteiger partial charge is 0.125 e. The third-order valence-corrected chi connectivity index (χ3v) is 2.76. The van der Waals surface area contributed by atoms with Crippen LogP contribution in [0.5, 0.6) is 0 Å². The minimum atomic E-state index is 0.683. The minimum absolute atomic E-state index is 0.683. The van der Waals surface area contributed by atoms with Crippen molar-refractivity contribution in [2.24, 2.45) is 5.73 Å². The molecule has 0 aromatic carbocycles. The van der Waals surface area contributed by atoms with Crippen LogP contribution in [0.4, 0.5) is 0 Å². The summed E-state index contributed by atoms with van der Waals surface area (Å²) in [5.41, 5.74) is 9.43. The Morgan fingerprint density at radius 1 is 1.21 bits per heavy atom. The Hall–Kier alpha value is -0.960. The van der Waals surface area contributed by atoms with Gasteiger partial charge in [-0.3, -0.25) is 0 Å². The van der Waals surface area contributed by atoms with Crippen LogP contribution in [0.3, 0.4) is 0 Å². The molecule has 0 atom stereocenters. The Morgan fingerprint density at radius 2 is 2.00 bits per heavy atom. The summed E-state index contributed by atoms with van der Waals surface area (Å²) in [5, 5.41) is 0. The second-order valence-corrected chi connectivity index (χ2v) is 3.89. The summed E-state index contributed by atoms with van der Waals surface area (Å²) in [4.78, 5) is 8.99. The van der Waals surface area contributed by atoms with Crippen LogP contribution in [0.15, 0.2) is 0 Å². The van der Waals surface area contributed by atoms with E-state index in [-0.39, 0.29) is 0 Å². The van der Waals surface area contributed by atoms with Gasteiger partial charge in [-0.05, 0) is 44.7 Å². The minimum Gasteiger partial charge on any atom is -0.330 e. The van der Waals surface area contributed by atoms with Crippen molar-refractivity contribution in [1.82, 2.24) is 9.97 Å². The van der Waals surface area contributed by atoms with E-state index in [9.17, 15) is 0 Å². The topological polar surface area (TPSA) is 51.8 Å². The normalized spacial score (nSPS) is 15.3. The maximum Gasteiger partial charge on any atom is 0.125 e. The first-order valence-electron chi connectivity index (χ1n) is 5.36. The Morgan fingerprint density at radius 3 is 2.79 bits per heavy atom. The Balaban J connectivity index is 2.41. The highest BCUT2D eigenvalue weighted by Crippen LogP contribution is 2.22. The number of nitrogens with zero attached hydrogens (tertiary/aromatic N) is 2. The van der Waals surface area contributed by atoms with Gasteiger partial charge in [-0.25, -0.2) is 9.97 Å². The van der Waals surface area contributed by atoms with E-state index in [1.165, 1.54) is 29.8 Å². The molecule has 2 N–H and O–H groups in total. The molecule has 1 aromatic rings. The molecule has 0 saturated carbocycles. The average Bonchev–Trinajstić information content (AvgIpc) is 2.18. The number of hydrogen-bond acceptors (Lipinski definition) is 3. The summed E-state index contributed by atoms with van der Waals surface area (Å²) < 4.78 is 0. The predicted octanol–water partition coefficient (Wildman–Crippen LogP) is 1.17. The molecule has 0 saturated heterocycles. The summed E-state index contributed by atoms with van der Waals surface area (Å²) in [6, 6.07) is 0. The van der Waals surface area contributed by atoms with Gasteiger partial charge in [0.25, 0.3) is 0 Å². The molecule has 0 fully saturated rings. The molecule has 1 aliphatic carbocycles. The largest absolute Gasteiger partial charge is 0.330 e. The van der Waals surface area contributed by atoms with Gasteiger partial charge in [0.1, 0.15) is 5.82 Å². The van der Waals surface area contributed by atoms with E-state index in [1.54, 1.807) is 0 Å². The SMILES string of the molecule is Cc1nc(CCN)c2c(n1)CCCC2. The van der Waals surface area contributed by atoms with E-state index in [2.05, 4.69) is 9.97 Å². The van der Waals surface area contributed by atoms with Crippen molar-refractivity contribution in [3.63, 3.8) is 0 Å². The highest BCUT2D eigenvalue weighted by atomic mass is 14.9. The maximum absolute atomic E-state index is 5.58. The molecule has 14 heavy (non-hydrogen) atoms. The molecular formula is C11H17N3. The summed E-state index contributed by atoms with van der Waals surface area (Å²) in [6.45, 7) is 2.65. The van der Waals surface area contributed by atoms with E-state index >= 15 is 0 Å². The van der Waals surface area contributed by atoms with Crippen LogP contribution < -0.4 is 5.73 Å². The molecule has 0 bridgehead atoms. The van der Waals surface area contributed by atoms with Crippen LogP contribution in [-0.4, -0.2) is 16.5 Å². The van der Waals surface area contributed by atoms with Crippen molar-refractivity contribution in [2.75, 3.05) is 6.54 Å². The van der Waals surface area contributed by atoms with Gasteiger partial charge in [-0.15, -0.1) is 0 Å². The summed E-state index contributed by atoms with van der Waals surface area (Å²) in [5.74, 6) is 0.897. The fourth-order valence-corrected chi connectivity index (χ4v) is 2.15. The first kappa shape index (κ1) is 9.59. The van der Waals surface area contributed by atoms with Gasteiger partial charge in [0, 0.05) is 17.8 Å². The highest BCUT2D eigenvalue weighted by Gasteiger charge is 2.15. The Labute approximate surface area is 84.8 Å². The van der Waals surface area contributed by atoms with Crippen LogP contribution in [0.25, 0.3) is 0 Å². The van der Waals surface area contributed by atoms with Crippen molar-refractivity contribution < 1.29 is 0 Å². The molecule has 0 radical (unpaired) electrons. The van der Waals surface area contributed by atoms with Gasteiger partial charge in [0.2, 0.25) is 0 Å². The lowest BCUT2D eigenvalue weighted by Crippen LogP contribution is -2.15. The first-order valence-corrected chi connectivity index (χ1v) is 5.36. The first-order chi connectivity index (χ1) is 6.81. The number of hydrogen-bond donors (Lipinski definition) is 1. The predicted molar refractivity (Wildman–Crippen MR) is 56.2 cm³/mol. The Kier molecular flexibility index (Phi) is 2.77. The van der Waals surface area contributed by atoms with Crippen LogP contribution in [-0.2, 0) is 19.3 Å². The molecule has 1 aliphatic rings. The molecular weight excluding hydrogens is 174 g/mol. The molecule has 0 amide bonds. The van der Waals surface area contributed by atoms with Crippen LogP contribution in [0.2, 0.25) is 0 Å². The fourth-order valence-electron chi connectivity index (χ4n) is 2.15. The van der Waals surface area contributed by atoms with E-state index in [1.807, 2.05) is 6.92 Å². The van der Waals surface area contributed by atoms with Crippen LogP contribution >= 0.6 is 0 Å². The van der Waals surface area contributed by atoms with Crippen molar-refractivity contribution in [3.05, 3.63) is 22.8 Å². The summed E-state index contributed by atoms with van der Waals surface area (Å²) in [7, 11) is 0. The van der Waals surface area contributed by atoms with Crippen LogP contribution in [0, 0.1) is 6.92 Å². The third kappa shape index (κ3) is 1.77. The molecule has 1 aromatic heterocycles. The molecule has 0 aliphatic heterocycles. The Bertz CT molecular complexity index is 334. The molecule has 3 heteroatoms. The molecule has 1 heterocycles. The number of aryl methyl sites for hydroxylation is 2. The lowest BCUT2D eigenvalue weighted by atomic mass is 9.93. The van der Waals surface area contributed by atoms with Gasteiger partial charge in [0.15, 0.2) is 0 Å². The van der Waals surface area contributed by atoms with Crippen molar-refractivity contribution in [2.45, 2.75) is 39.0 Å². The second kappa shape index (κ2) is 4.05. The van der Waals surface area contributed by atoms with Gasteiger partial charge < -0.3 is 5.73 Å². The summed E-state index contributed by atoms with van der Waals surface area (Å²) >= 11 is 0. The molecule has 0 unspecified atom stereocenters. The zero-order valence-electron chi connectivity index (χ0n) is 8.71. The zero-order valence-corrected chi connectivity index (χ0v) is 8.71. The lowest BCUT2D eigenvalue weighted by molar-refractivity contribution is 0.645. The van der Waals surface area contributed by atoms with Gasteiger partial charge in [0.05, 0.1) is 0 Å². The zero-order chi connectivity index (χ0) is 9.97. The van der Waals surface area contributed by atoms with Crippen molar-refractivity contribution in [3.8, 4) is 0 Å². The van der Waals surface area contributed by atoms with E-state index in [4.69, 9.17) is 5.73 Å². The number of nitrogens with two attached hydrogens (primary N) is 1. The highest BCUT2D eigenvalue weighted by molar-refractivity contribution is 5.28. The number of fused-ring (bicyclic) bond motifs is 1. The fraction of sp³-hybridized carbons (Fsp3) is 0.636. The van der Waals surface area contributed by atoms with Gasteiger partial charge in [-0.2, -0.15) is 0 Å². The number of rotatable bonds is 2. The van der Waals surface area contributed by atoms with Crippen molar-refractivity contribution >= 4 is 0 Å². The third-order valence-electron chi connectivity index (χ3n) is 2.76. The van der Waals surface area contributed by atoms with Gasteiger partial charge >= 0.3 is 0 Å². The number of aromatic nitrogens is 2. The molecule has 2 rings (SSSR count). The van der Waals surface area contributed by atoms with Crippen molar-refractivity contribution in [1.29, 1.82) is 0 Å². The van der Waals surface area contributed by atoms with E-state index in [0.717, 1.165) is 25.1 Å². The van der Waals surface area contributed by atoms with E-state index in [0.29, 0.717) is 6.54 Å². The molecule has 0 spiro atoms.